The molecule has 4 aromatic heterocycles. The first-order chi connectivity index (χ1) is 41.9. The molecule has 0 N–H and O–H groups in total. The normalized spacial score (nSPS) is 25.3. The highest BCUT2D eigenvalue weighted by Gasteiger charge is 2.53. The minimum atomic E-state index is -4.43. The van der Waals surface area contributed by atoms with Crippen LogP contribution in [-0.2, 0) is 23.7 Å². The Bertz CT molecular complexity index is 5250. The van der Waals surface area contributed by atoms with Gasteiger partial charge in [-0.1, -0.05) is 42.5 Å². The molecule has 86 heavy (non-hydrogen) atoms. The SMILES string of the molecule is FCc1ccc2cc3c(cc2c1)c1cc(C24CC5CC(CC(C5)C2)C4)ccc1n3-c1ccc2c(c1)oc1ccc(-c3ccc4oc5cc(-n6c7ccc(C89CC%10CC(CC(C%10)C8)C9)cc7c7cc8cc(C(F)(F)F)ccc8cc76)ccc5c4c3)cc12. The Labute approximate surface area is 493 Å². The van der Waals surface area contributed by atoms with E-state index in [2.05, 4.69) is 143 Å². The van der Waals surface area contributed by atoms with Crippen molar-refractivity contribution in [2.24, 2.45) is 35.5 Å². The molecule has 0 unspecified atom stereocenters. The third-order valence-electron chi connectivity index (χ3n) is 23.1. The van der Waals surface area contributed by atoms with Crippen molar-refractivity contribution in [2.75, 3.05) is 0 Å². The molecule has 8 bridgehead atoms. The second kappa shape index (κ2) is 17.0. The third kappa shape index (κ3) is 6.98. The highest BCUT2D eigenvalue weighted by molar-refractivity contribution is 6.16. The maximum Gasteiger partial charge on any atom is 0.416 e. The number of rotatable bonds is 6. The van der Waals surface area contributed by atoms with E-state index < -0.39 is 18.4 Å². The van der Waals surface area contributed by atoms with E-state index in [0.29, 0.717) is 10.9 Å². The van der Waals surface area contributed by atoms with Crippen LogP contribution in [0.25, 0.3) is 132 Å². The Hall–Kier alpha value is -8.36. The second-order valence-corrected chi connectivity index (χ2v) is 28.1. The Kier molecular flexibility index (Phi) is 9.65. The fourth-order valence-corrected chi connectivity index (χ4v) is 20.1. The van der Waals surface area contributed by atoms with Gasteiger partial charge in [0.2, 0.25) is 0 Å². The monoisotopic (exact) mass is 1130 g/mol. The summed E-state index contributed by atoms with van der Waals surface area (Å²) in [5, 5.41) is 12.1. The van der Waals surface area contributed by atoms with Gasteiger partial charge in [-0.15, -0.1) is 0 Å². The number of aromatic nitrogens is 2. The smallest absolute Gasteiger partial charge is 0.416 e. The molecular formula is C78H60F4N2O2. The molecular weight excluding hydrogens is 1070 g/mol. The van der Waals surface area contributed by atoms with Gasteiger partial charge in [0.15, 0.2) is 0 Å². The third-order valence-corrected chi connectivity index (χ3v) is 23.1. The van der Waals surface area contributed by atoms with Crippen LogP contribution in [0.5, 0.6) is 0 Å². The molecule has 8 aliphatic carbocycles. The van der Waals surface area contributed by atoms with Crippen molar-refractivity contribution in [3.05, 3.63) is 192 Å². The predicted octanol–water partition coefficient (Wildman–Crippen LogP) is 22.1. The van der Waals surface area contributed by atoms with E-state index in [4.69, 9.17) is 8.83 Å². The number of nitrogens with zero attached hydrogens (tertiary/aromatic N) is 2. The number of hydrogen-bond acceptors (Lipinski definition) is 2. The molecule has 0 aliphatic heterocycles. The molecule has 10 aromatic carbocycles. The summed E-state index contributed by atoms with van der Waals surface area (Å²) in [6.45, 7) is -0.484. The second-order valence-electron chi connectivity index (χ2n) is 28.1. The largest absolute Gasteiger partial charge is 0.456 e. The van der Waals surface area contributed by atoms with Crippen molar-refractivity contribution in [3.8, 4) is 22.5 Å². The van der Waals surface area contributed by atoms with Gasteiger partial charge in [0, 0.05) is 66.6 Å². The zero-order valence-corrected chi connectivity index (χ0v) is 47.5. The van der Waals surface area contributed by atoms with Gasteiger partial charge in [-0.25, -0.2) is 4.39 Å². The van der Waals surface area contributed by atoms with Gasteiger partial charge in [0.05, 0.1) is 27.6 Å². The summed E-state index contributed by atoms with van der Waals surface area (Å²) >= 11 is 0. The van der Waals surface area contributed by atoms with Crippen molar-refractivity contribution in [1.82, 2.24) is 9.13 Å². The van der Waals surface area contributed by atoms with Gasteiger partial charge >= 0.3 is 6.18 Å². The maximum atomic E-state index is 14.1. The van der Waals surface area contributed by atoms with Crippen molar-refractivity contribution in [1.29, 1.82) is 0 Å². The minimum Gasteiger partial charge on any atom is -0.456 e. The lowest BCUT2D eigenvalue weighted by Crippen LogP contribution is -2.48. The first kappa shape index (κ1) is 48.8. The molecule has 4 nitrogen and oxygen atoms in total. The molecule has 422 valence electrons. The van der Waals surface area contributed by atoms with Crippen LogP contribution in [0.15, 0.2) is 179 Å². The van der Waals surface area contributed by atoms with Crippen LogP contribution < -0.4 is 0 Å². The molecule has 0 spiro atoms. The summed E-state index contributed by atoms with van der Waals surface area (Å²) in [4.78, 5) is 0. The summed E-state index contributed by atoms with van der Waals surface area (Å²) < 4.78 is 74.6. The molecule has 0 amide bonds. The van der Waals surface area contributed by atoms with Crippen molar-refractivity contribution in [2.45, 2.75) is 101 Å². The van der Waals surface area contributed by atoms with Crippen LogP contribution >= 0.6 is 0 Å². The van der Waals surface area contributed by atoms with Crippen LogP contribution in [0.4, 0.5) is 17.6 Å². The van der Waals surface area contributed by atoms with Crippen LogP contribution in [0.1, 0.15) is 99.3 Å². The fraction of sp³-hybridized carbons (Fsp3) is 0.282. The molecule has 14 aromatic rings. The number of hydrogen-bond donors (Lipinski definition) is 0. The minimum absolute atomic E-state index is 0.169. The zero-order chi connectivity index (χ0) is 56.7. The fourth-order valence-electron chi connectivity index (χ4n) is 20.1. The number of alkyl halides is 4. The van der Waals surface area contributed by atoms with E-state index in [1.54, 1.807) is 6.07 Å². The quantitative estimate of drug-likeness (QED) is 0.156. The van der Waals surface area contributed by atoms with Gasteiger partial charge in [-0.3, -0.25) is 0 Å². The number of halogens is 4. The molecule has 8 aliphatic rings. The van der Waals surface area contributed by atoms with Crippen molar-refractivity contribution in [3.63, 3.8) is 0 Å². The average molecular weight is 1130 g/mol. The van der Waals surface area contributed by atoms with E-state index in [1.807, 2.05) is 18.2 Å². The summed E-state index contributed by atoms with van der Waals surface area (Å²) in [7, 11) is 0. The van der Waals surface area contributed by atoms with Crippen LogP contribution in [0.2, 0.25) is 0 Å². The van der Waals surface area contributed by atoms with Gasteiger partial charge in [0.1, 0.15) is 29.0 Å². The lowest BCUT2D eigenvalue weighted by Gasteiger charge is -2.57. The summed E-state index contributed by atoms with van der Waals surface area (Å²) in [6, 6.07) is 59.1. The Balaban J connectivity index is 0.674. The van der Waals surface area contributed by atoms with Crippen molar-refractivity contribution >= 4 is 109 Å². The molecule has 0 radical (unpaired) electrons. The van der Waals surface area contributed by atoms with Crippen LogP contribution in [0, 0.1) is 35.5 Å². The summed E-state index contributed by atoms with van der Waals surface area (Å²) in [5.74, 6) is 4.93. The predicted molar refractivity (Wildman–Crippen MR) is 340 cm³/mol. The van der Waals surface area contributed by atoms with Gasteiger partial charge < -0.3 is 18.0 Å². The summed E-state index contributed by atoms with van der Waals surface area (Å²) in [5.41, 5.74) is 15.0. The first-order valence-electron chi connectivity index (χ1n) is 31.5. The van der Waals surface area contributed by atoms with Gasteiger partial charge in [0.25, 0.3) is 0 Å². The van der Waals surface area contributed by atoms with E-state index in [9.17, 15) is 17.6 Å². The molecule has 8 fully saturated rings. The molecule has 8 heteroatoms. The highest BCUT2D eigenvalue weighted by Crippen LogP contribution is 2.63. The van der Waals surface area contributed by atoms with Crippen molar-refractivity contribution < 1.29 is 26.4 Å². The number of fused-ring (bicyclic) bond motifs is 14. The summed E-state index contributed by atoms with van der Waals surface area (Å²) in [6.07, 6.45) is 11.5. The maximum absolute atomic E-state index is 14.1. The molecule has 4 heterocycles. The number of furan rings is 2. The topological polar surface area (TPSA) is 36.1 Å². The number of benzene rings is 10. The molecule has 22 rings (SSSR count). The Morgan fingerprint density at radius 3 is 1.26 bits per heavy atom. The lowest BCUT2D eigenvalue weighted by atomic mass is 9.48. The Morgan fingerprint density at radius 1 is 0.360 bits per heavy atom. The standard InChI is InChI=1S/C78H60F4N2O2/c79-41-42-1-2-51-29-70-62(27-53(51)23-42)64-31-55(76-35-43-17-44(36-76)19-45(18-43)37-76)7-13-68(64)83(70)58-9-11-60-66-25-49(4-15-72(66)85-74(60)33-58)50-5-16-73-67(26-50)61-12-10-59(34-75(61)86-73)84-69-14-8-56(77-38-46-20-47(39-77)22-48(21-46)40-77)32-65(69)63-28-54-24-57(78(80,81)82)6-3-52(54)30-71(63)84/h1-16,23-34,43-48H,17-22,35-41H2. The first-order valence-corrected chi connectivity index (χ1v) is 31.5. The van der Waals surface area contributed by atoms with E-state index >= 15 is 0 Å². The van der Waals surface area contributed by atoms with Gasteiger partial charge in [-0.05, 0) is 288 Å². The van der Waals surface area contributed by atoms with Crippen LogP contribution in [-0.4, -0.2) is 9.13 Å². The molecule has 8 saturated carbocycles. The molecule has 0 atom stereocenters. The van der Waals surface area contributed by atoms with E-state index in [1.165, 1.54) is 117 Å². The van der Waals surface area contributed by atoms with Gasteiger partial charge in [-0.2, -0.15) is 13.2 Å². The zero-order valence-electron chi connectivity index (χ0n) is 47.5. The van der Waals surface area contributed by atoms with Crippen LogP contribution in [0.3, 0.4) is 0 Å². The Morgan fingerprint density at radius 2 is 0.802 bits per heavy atom. The lowest BCUT2D eigenvalue weighted by molar-refractivity contribution is -0.137. The average Bonchev–Trinajstić information content (AvgIpc) is 1.45. The van der Waals surface area contributed by atoms with E-state index in [0.717, 1.165) is 145 Å². The highest BCUT2D eigenvalue weighted by atomic mass is 19.4. The van der Waals surface area contributed by atoms with E-state index in [-0.39, 0.29) is 10.8 Å². The molecule has 0 saturated heterocycles.